The van der Waals surface area contributed by atoms with Crippen molar-refractivity contribution < 1.29 is 9.47 Å². The van der Waals surface area contributed by atoms with Gasteiger partial charge in [0.1, 0.15) is 0 Å². The molecule has 24 heavy (non-hydrogen) atoms. The molecule has 0 aliphatic carbocycles. The van der Waals surface area contributed by atoms with E-state index in [9.17, 15) is 0 Å². The Morgan fingerprint density at radius 1 is 1.29 bits per heavy atom. The van der Waals surface area contributed by atoms with Crippen LogP contribution >= 0.6 is 11.3 Å². The van der Waals surface area contributed by atoms with Crippen molar-refractivity contribution in [2.24, 2.45) is 0 Å². The van der Waals surface area contributed by atoms with E-state index in [0.717, 1.165) is 42.5 Å². The van der Waals surface area contributed by atoms with Gasteiger partial charge in [0.2, 0.25) is 5.95 Å². The molecule has 0 radical (unpaired) electrons. The van der Waals surface area contributed by atoms with E-state index in [4.69, 9.17) is 9.47 Å². The van der Waals surface area contributed by atoms with Crippen LogP contribution in [0.1, 0.15) is 30.0 Å². The summed E-state index contributed by atoms with van der Waals surface area (Å²) >= 11 is 1.66. The van der Waals surface area contributed by atoms with Gasteiger partial charge in [-0.05, 0) is 32.3 Å². The van der Waals surface area contributed by atoms with Gasteiger partial charge in [0.25, 0.3) is 0 Å². The van der Waals surface area contributed by atoms with E-state index >= 15 is 0 Å². The monoisotopic (exact) mass is 346 g/mol. The highest BCUT2D eigenvalue weighted by molar-refractivity contribution is 7.09. The molecule has 2 aliphatic heterocycles. The molecule has 0 saturated carbocycles. The first-order valence-corrected chi connectivity index (χ1v) is 9.35. The van der Waals surface area contributed by atoms with Crippen LogP contribution in [0.25, 0.3) is 0 Å². The van der Waals surface area contributed by atoms with E-state index in [1.165, 1.54) is 0 Å². The van der Waals surface area contributed by atoms with Crippen molar-refractivity contribution >= 4 is 17.3 Å². The van der Waals surface area contributed by atoms with Crippen LogP contribution in [0.3, 0.4) is 0 Å². The molecular weight excluding hydrogens is 324 g/mol. The number of anilines is 1. The van der Waals surface area contributed by atoms with Crippen molar-refractivity contribution in [2.75, 3.05) is 18.1 Å². The fourth-order valence-corrected chi connectivity index (χ4v) is 4.17. The minimum atomic E-state index is 0.183. The fourth-order valence-electron chi connectivity index (χ4n) is 3.58. The van der Waals surface area contributed by atoms with Gasteiger partial charge in [0, 0.05) is 24.3 Å². The molecule has 0 aromatic carbocycles. The van der Waals surface area contributed by atoms with Gasteiger partial charge in [-0.3, -0.25) is 0 Å². The van der Waals surface area contributed by atoms with Crippen LogP contribution in [0.5, 0.6) is 0 Å². The van der Waals surface area contributed by atoms with Crippen molar-refractivity contribution in [3.8, 4) is 0 Å². The lowest BCUT2D eigenvalue weighted by Gasteiger charge is -2.35. The molecule has 4 rings (SSSR count). The molecule has 2 aromatic rings. The van der Waals surface area contributed by atoms with Crippen molar-refractivity contribution in [3.05, 3.63) is 34.5 Å². The number of aromatic nitrogens is 3. The summed E-state index contributed by atoms with van der Waals surface area (Å²) in [5.74, 6) is 0.821. The Kier molecular flexibility index (Phi) is 4.73. The zero-order valence-corrected chi connectivity index (χ0v) is 14.6. The molecule has 4 heterocycles. The molecule has 2 saturated heterocycles. The summed E-state index contributed by atoms with van der Waals surface area (Å²) in [7, 11) is 0. The summed E-state index contributed by atoms with van der Waals surface area (Å²) in [4.78, 5) is 15.5. The average Bonchev–Trinajstić information content (AvgIpc) is 3.21. The highest BCUT2D eigenvalue weighted by Gasteiger charge is 2.40. The number of hydrogen-bond acceptors (Lipinski definition) is 7. The van der Waals surface area contributed by atoms with Gasteiger partial charge in [-0.1, -0.05) is 0 Å². The van der Waals surface area contributed by atoms with Gasteiger partial charge in [-0.25, -0.2) is 15.0 Å². The molecule has 0 N–H and O–H groups in total. The standard InChI is InChI=1S/C17H22N4O2S/c1-12-20-13(11-24-12)9-22-10-14-3-4-15-16(23-14)5-8-21(15)17-18-6-2-7-19-17/h2,6-7,11,14-16H,3-5,8-10H2,1H3/t14-,15+,16+/m1/s1. The quantitative estimate of drug-likeness (QED) is 0.829. The predicted octanol–water partition coefficient (Wildman–Crippen LogP) is 2.58. The van der Waals surface area contributed by atoms with Gasteiger partial charge >= 0.3 is 0 Å². The highest BCUT2D eigenvalue weighted by Crippen LogP contribution is 2.33. The normalized spacial score (nSPS) is 26.5. The minimum Gasteiger partial charge on any atom is -0.372 e. The average molecular weight is 346 g/mol. The van der Waals surface area contributed by atoms with Crippen LogP contribution in [0.15, 0.2) is 23.8 Å². The maximum atomic E-state index is 6.27. The zero-order chi connectivity index (χ0) is 16.4. The number of ether oxygens (including phenoxy) is 2. The second kappa shape index (κ2) is 7.13. The molecule has 128 valence electrons. The van der Waals surface area contributed by atoms with E-state index < -0.39 is 0 Å². The van der Waals surface area contributed by atoms with E-state index in [0.29, 0.717) is 19.3 Å². The number of thiazole rings is 1. The number of fused-ring (bicyclic) bond motifs is 1. The van der Waals surface area contributed by atoms with Crippen molar-refractivity contribution in [1.82, 2.24) is 15.0 Å². The summed E-state index contributed by atoms with van der Waals surface area (Å²) in [6.07, 6.45) is 7.20. The molecule has 7 heteroatoms. The number of aryl methyl sites for hydroxylation is 1. The van der Waals surface area contributed by atoms with Crippen LogP contribution in [0.4, 0.5) is 5.95 Å². The molecule has 0 spiro atoms. The summed E-state index contributed by atoms with van der Waals surface area (Å²) in [5, 5.41) is 3.14. The second-order valence-corrected chi connectivity index (χ2v) is 7.41. The van der Waals surface area contributed by atoms with Crippen molar-refractivity contribution in [1.29, 1.82) is 0 Å². The summed E-state index contributed by atoms with van der Waals surface area (Å²) in [6.45, 7) is 4.19. The molecule has 3 atom stereocenters. The molecule has 0 unspecified atom stereocenters. The van der Waals surface area contributed by atoms with Crippen LogP contribution in [-0.2, 0) is 16.1 Å². The van der Waals surface area contributed by atoms with Gasteiger partial charge in [0.15, 0.2) is 0 Å². The van der Waals surface area contributed by atoms with Gasteiger partial charge < -0.3 is 14.4 Å². The predicted molar refractivity (Wildman–Crippen MR) is 92.2 cm³/mol. The van der Waals surface area contributed by atoms with Gasteiger partial charge in [0.05, 0.1) is 42.2 Å². The lowest BCUT2D eigenvalue weighted by molar-refractivity contribution is -0.0891. The maximum Gasteiger partial charge on any atom is 0.225 e. The lowest BCUT2D eigenvalue weighted by atomic mass is 9.99. The minimum absolute atomic E-state index is 0.183. The van der Waals surface area contributed by atoms with Crippen LogP contribution in [-0.4, -0.2) is 46.4 Å². The zero-order valence-electron chi connectivity index (χ0n) is 13.8. The van der Waals surface area contributed by atoms with Crippen LogP contribution in [0.2, 0.25) is 0 Å². The Bertz CT molecular complexity index is 666. The first-order chi connectivity index (χ1) is 11.8. The highest BCUT2D eigenvalue weighted by atomic mass is 32.1. The summed E-state index contributed by atoms with van der Waals surface area (Å²) in [6, 6.07) is 2.25. The van der Waals surface area contributed by atoms with E-state index in [1.807, 2.05) is 13.0 Å². The molecule has 2 aromatic heterocycles. The Hall–Kier alpha value is -1.57. The lowest BCUT2D eigenvalue weighted by Crippen LogP contribution is -2.44. The topological polar surface area (TPSA) is 60.4 Å². The first kappa shape index (κ1) is 15.9. The first-order valence-electron chi connectivity index (χ1n) is 8.47. The third kappa shape index (κ3) is 3.43. The van der Waals surface area contributed by atoms with Crippen LogP contribution in [0, 0.1) is 6.92 Å². The smallest absolute Gasteiger partial charge is 0.225 e. The van der Waals surface area contributed by atoms with Crippen molar-refractivity contribution in [2.45, 2.75) is 51.0 Å². The van der Waals surface area contributed by atoms with E-state index in [2.05, 4.69) is 25.2 Å². The molecule has 6 nitrogen and oxygen atoms in total. The summed E-state index contributed by atoms with van der Waals surface area (Å²) in [5.41, 5.74) is 1.01. The Morgan fingerprint density at radius 3 is 2.96 bits per heavy atom. The molecular formula is C17H22N4O2S. The number of nitrogens with zero attached hydrogens (tertiary/aromatic N) is 4. The second-order valence-electron chi connectivity index (χ2n) is 6.35. The van der Waals surface area contributed by atoms with E-state index in [1.54, 1.807) is 23.7 Å². The van der Waals surface area contributed by atoms with Gasteiger partial charge in [-0.2, -0.15) is 0 Å². The third-order valence-electron chi connectivity index (χ3n) is 4.66. The Balaban J connectivity index is 1.28. The van der Waals surface area contributed by atoms with Crippen LogP contribution < -0.4 is 4.90 Å². The Morgan fingerprint density at radius 2 is 2.17 bits per heavy atom. The number of rotatable bonds is 5. The SMILES string of the molecule is Cc1nc(COC[C@H]2CC[C@H]3[C@H](CCN3c3ncccn3)O2)cs1. The molecule has 0 amide bonds. The van der Waals surface area contributed by atoms with Crippen molar-refractivity contribution in [3.63, 3.8) is 0 Å². The molecule has 0 bridgehead atoms. The summed E-state index contributed by atoms with van der Waals surface area (Å²) < 4.78 is 12.1. The van der Waals surface area contributed by atoms with Gasteiger partial charge in [-0.15, -0.1) is 11.3 Å². The maximum absolute atomic E-state index is 6.27. The molecule has 2 aliphatic rings. The fraction of sp³-hybridized carbons (Fsp3) is 0.588. The number of hydrogen-bond donors (Lipinski definition) is 0. The van der Waals surface area contributed by atoms with E-state index in [-0.39, 0.29) is 12.2 Å². The Labute approximate surface area is 145 Å². The largest absolute Gasteiger partial charge is 0.372 e. The third-order valence-corrected chi connectivity index (χ3v) is 5.49. The molecule has 2 fully saturated rings.